The van der Waals surface area contributed by atoms with E-state index in [0.29, 0.717) is 16.9 Å². The summed E-state index contributed by atoms with van der Waals surface area (Å²) in [6.07, 6.45) is 1.36. The summed E-state index contributed by atoms with van der Waals surface area (Å²) in [5.41, 5.74) is 1.61. The molecule has 1 atom stereocenters. The Morgan fingerprint density at radius 3 is 2.85 bits per heavy atom. The summed E-state index contributed by atoms with van der Waals surface area (Å²) in [7, 11) is 0. The van der Waals surface area contributed by atoms with Crippen molar-refractivity contribution in [1.82, 2.24) is 14.6 Å². The molecular weight excluding hydrogens is 291 g/mol. The molecule has 0 saturated heterocycles. The molecule has 0 aromatic carbocycles. The van der Waals surface area contributed by atoms with Gasteiger partial charge in [0.1, 0.15) is 5.15 Å². The van der Waals surface area contributed by atoms with E-state index >= 15 is 0 Å². The topological polar surface area (TPSA) is 30.2 Å². The van der Waals surface area contributed by atoms with Crippen molar-refractivity contribution in [3.63, 3.8) is 0 Å². The first kappa shape index (κ1) is 13.2. The lowest BCUT2D eigenvalue weighted by Crippen LogP contribution is -2.22. The van der Waals surface area contributed by atoms with Gasteiger partial charge >= 0.3 is 6.18 Å². The lowest BCUT2D eigenvalue weighted by molar-refractivity contribution is -0.159. The maximum Gasteiger partial charge on any atom is 0.395 e. The fourth-order valence-corrected chi connectivity index (χ4v) is 2.30. The Labute approximate surface area is 117 Å². The van der Waals surface area contributed by atoms with Crippen molar-refractivity contribution >= 4 is 22.8 Å². The predicted octanol–water partition coefficient (Wildman–Crippen LogP) is 3.90. The first-order valence-corrected chi connectivity index (χ1v) is 6.28. The molecule has 0 bridgehead atoms. The zero-order chi connectivity index (χ0) is 14.3. The standard InChI is InChI=1S/C13H9ClF3N3/c14-11-4-5-12-18-7-10(20(12)19-11)8-2-1-3-9(6-8)13(15,16)17/h1-5,7,9H,6H2. The van der Waals surface area contributed by atoms with Crippen LogP contribution in [0.15, 0.2) is 36.6 Å². The summed E-state index contributed by atoms with van der Waals surface area (Å²) >= 11 is 5.81. The van der Waals surface area contributed by atoms with Crippen LogP contribution in [0.3, 0.4) is 0 Å². The number of aromatic nitrogens is 3. The molecule has 3 nitrogen and oxygen atoms in total. The Morgan fingerprint density at radius 2 is 2.10 bits per heavy atom. The van der Waals surface area contributed by atoms with Gasteiger partial charge in [0, 0.05) is 0 Å². The molecule has 0 fully saturated rings. The van der Waals surface area contributed by atoms with E-state index in [1.165, 1.54) is 16.8 Å². The fraction of sp³-hybridized carbons (Fsp3) is 0.231. The second-order valence-electron chi connectivity index (χ2n) is 4.50. The summed E-state index contributed by atoms with van der Waals surface area (Å²) in [6.45, 7) is 0. The summed E-state index contributed by atoms with van der Waals surface area (Å²) in [5.74, 6) is -1.48. The van der Waals surface area contributed by atoms with Gasteiger partial charge in [0.15, 0.2) is 5.65 Å². The molecule has 2 heterocycles. The second-order valence-corrected chi connectivity index (χ2v) is 4.89. The minimum absolute atomic E-state index is 0.123. The first-order valence-electron chi connectivity index (χ1n) is 5.90. The van der Waals surface area contributed by atoms with Gasteiger partial charge in [-0.3, -0.25) is 0 Å². The molecule has 0 amide bonds. The Morgan fingerprint density at radius 1 is 1.30 bits per heavy atom. The summed E-state index contributed by atoms with van der Waals surface area (Å²) in [4.78, 5) is 4.12. The van der Waals surface area contributed by atoms with Crippen molar-refractivity contribution < 1.29 is 13.2 Å². The van der Waals surface area contributed by atoms with Gasteiger partial charge in [-0.1, -0.05) is 29.8 Å². The number of imidazole rings is 1. The summed E-state index contributed by atoms with van der Waals surface area (Å²) < 4.78 is 39.8. The minimum Gasteiger partial charge on any atom is -0.235 e. The normalized spacial score (nSPS) is 19.4. The van der Waals surface area contributed by atoms with E-state index in [-0.39, 0.29) is 11.6 Å². The molecular formula is C13H9ClF3N3. The lowest BCUT2D eigenvalue weighted by Gasteiger charge is -2.20. The van der Waals surface area contributed by atoms with Crippen LogP contribution in [-0.2, 0) is 0 Å². The van der Waals surface area contributed by atoms with Gasteiger partial charge < -0.3 is 0 Å². The smallest absolute Gasteiger partial charge is 0.235 e. The third-order valence-corrected chi connectivity index (χ3v) is 3.36. The molecule has 1 aliphatic carbocycles. The third-order valence-electron chi connectivity index (χ3n) is 3.16. The molecule has 0 saturated carbocycles. The van der Waals surface area contributed by atoms with Gasteiger partial charge in [-0.25, -0.2) is 9.50 Å². The molecule has 3 rings (SSSR count). The molecule has 0 radical (unpaired) electrons. The number of halogens is 4. The predicted molar refractivity (Wildman–Crippen MR) is 69.3 cm³/mol. The van der Waals surface area contributed by atoms with Gasteiger partial charge in [-0.15, -0.1) is 0 Å². The van der Waals surface area contributed by atoms with E-state index < -0.39 is 12.1 Å². The molecule has 104 valence electrons. The average Bonchev–Trinajstić information content (AvgIpc) is 2.81. The number of alkyl halides is 3. The highest BCUT2D eigenvalue weighted by Gasteiger charge is 2.39. The van der Waals surface area contributed by atoms with Gasteiger partial charge in [0.05, 0.1) is 17.8 Å². The van der Waals surface area contributed by atoms with Crippen LogP contribution in [0, 0.1) is 5.92 Å². The van der Waals surface area contributed by atoms with Crippen LogP contribution >= 0.6 is 11.6 Å². The monoisotopic (exact) mass is 299 g/mol. The number of hydrogen-bond donors (Lipinski definition) is 0. The first-order chi connectivity index (χ1) is 9.45. The van der Waals surface area contributed by atoms with Crippen LogP contribution in [0.1, 0.15) is 12.1 Å². The van der Waals surface area contributed by atoms with Crippen molar-refractivity contribution in [2.45, 2.75) is 12.6 Å². The minimum atomic E-state index is -4.25. The van der Waals surface area contributed by atoms with Gasteiger partial charge in [-0.2, -0.15) is 18.3 Å². The molecule has 0 N–H and O–H groups in total. The van der Waals surface area contributed by atoms with Crippen LogP contribution in [-0.4, -0.2) is 20.8 Å². The van der Waals surface area contributed by atoms with Crippen molar-refractivity contribution in [3.05, 3.63) is 47.4 Å². The molecule has 0 spiro atoms. The van der Waals surface area contributed by atoms with Crippen molar-refractivity contribution in [2.24, 2.45) is 5.92 Å². The molecule has 1 unspecified atom stereocenters. The number of nitrogens with zero attached hydrogens (tertiary/aromatic N) is 3. The van der Waals surface area contributed by atoms with Gasteiger partial charge in [0.25, 0.3) is 0 Å². The van der Waals surface area contributed by atoms with Crippen molar-refractivity contribution in [1.29, 1.82) is 0 Å². The number of rotatable bonds is 1. The van der Waals surface area contributed by atoms with Gasteiger partial charge in [-0.05, 0) is 24.1 Å². The molecule has 1 aliphatic rings. The summed E-state index contributed by atoms with van der Waals surface area (Å²) in [6, 6.07) is 3.25. The zero-order valence-electron chi connectivity index (χ0n) is 10.1. The number of fused-ring (bicyclic) bond motifs is 1. The van der Waals surface area contributed by atoms with E-state index in [2.05, 4.69) is 10.1 Å². The lowest BCUT2D eigenvalue weighted by atomic mass is 9.92. The molecule has 7 heteroatoms. The van der Waals surface area contributed by atoms with Crippen LogP contribution in [0.4, 0.5) is 13.2 Å². The number of allylic oxidation sites excluding steroid dienone is 4. The van der Waals surface area contributed by atoms with E-state index in [9.17, 15) is 13.2 Å². The van der Waals surface area contributed by atoms with E-state index in [1.807, 2.05) is 0 Å². The van der Waals surface area contributed by atoms with Crippen molar-refractivity contribution in [2.75, 3.05) is 0 Å². The van der Waals surface area contributed by atoms with Crippen LogP contribution in [0.5, 0.6) is 0 Å². The Bertz CT molecular complexity index is 715. The quantitative estimate of drug-likeness (QED) is 0.799. The highest BCUT2D eigenvalue weighted by molar-refractivity contribution is 6.29. The highest BCUT2D eigenvalue weighted by Crippen LogP contribution is 2.37. The SMILES string of the molecule is FC(F)(F)C1C=CC=C(c2cnc3ccc(Cl)nn23)C1. The Balaban J connectivity index is 2.02. The zero-order valence-corrected chi connectivity index (χ0v) is 10.9. The fourth-order valence-electron chi connectivity index (χ4n) is 2.16. The molecule has 2 aromatic rings. The van der Waals surface area contributed by atoms with Crippen molar-refractivity contribution in [3.8, 4) is 0 Å². The molecule has 2 aromatic heterocycles. The summed E-state index contributed by atoms with van der Waals surface area (Å²) in [5, 5.41) is 4.33. The maximum atomic E-state index is 12.8. The Hall–Kier alpha value is -1.82. The van der Waals surface area contributed by atoms with E-state index in [4.69, 9.17) is 11.6 Å². The largest absolute Gasteiger partial charge is 0.395 e. The number of hydrogen-bond acceptors (Lipinski definition) is 2. The third kappa shape index (κ3) is 2.31. The highest BCUT2D eigenvalue weighted by atomic mass is 35.5. The van der Waals surface area contributed by atoms with Crippen LogP contribution in [0.2, 0.25) is 5.15 Å². The second kappa shape index (κ2) is 4.63. The van der Waals surface area contributed by atoms with Crippen LogP contribution in [0.25, 0.3) is 11.2 Å². The molecule has 20 heavy (non-hydrogen) atoms. The van der Waals surface area contributed by atoms with Gasteiger partial charge in [0.2, 0.25) is 0 Å². The average molecular weight is 300 g/mol. The van der Waals surface area contributed by atoms with E-state index in [1.54, 1.807) is 18.2 Å². The van der Waals surface area contributed by atoms with Crippen LogP contribution < -0.4 is 0 Å². The molecule has 0 aliphatic heterocycles. The van der Waals surface area contributed by atoms with E-state index in [0.717, 1.165) is 6.08 Å². The maximum absolute atomic E-state index is 12.8. The Kier molecular flexibility index (Phi) is 3.05.